The van der Waals surface area contributed by atoms with Crippen LogP contribution in [-0.2, 0) is 22.8 Å². The quantitative estimate of drug-likeness (QED) is 0.294. The van der Waals surface area contributed by atoms with E-state index in [1.165, 1.54) is 5.56 Å². The first-order valence-electron chi connectivity index (χ1n) is 15.3. The molecule has 0 aliphatic heterocycles. The molecule has 0 bridgehead atoms. The van der Waals surface area contributed by atoms with Crippen LogP contribution < -0.4 is 0 Å². The van der Waals surface area contributed by atoms with Crippen molar-refractivity contribution in [1.29, 1.82) is 0 Å². The number of phenolic OH excluding ortho intramolecular Hbond substituents is 2. The molecule has 4 rings (SSSR count). The summed E-state index contributed by atoms with van der Waals surface area (Å²) in [5, 5.41) is 22.5. The summed E-state index contributed by atoms with van der Waals surface area (Å²) in [6.45, 7) is 20.1. The van der Waals surface area contributed by atoms with Gasteiger partial charge in [0.2, 0.25) is 0 Å². The van der Waals surface area contributed by atoms with Crippen molar-refractivity contribution in [2.75, 3.05) is 0 Å². The van der Waals surface area contributed by atoms with E-state index < -0.39 is 0 Å². The number of aromatic nitrogens is 2. The van der Waals surface area contributed by atoms with Gasteiger partial charge < -0.3 is 14.8 Å². The van der Waals surface area contributed by atoms with Gasteiger partial charge in [-0.1, -0.05) is 81.2 Å². The van der Waals surface area contributed by atoms with Gasteiger partial charge in [-0.3, -0.25) is 9.98 Å². The number of aliphatic imine (C=N–C) groups is 2. The van der Waals surface area contributed by atoms with E-state index in [9.17, 15) is 10.2 Å². The predicted molar refractivity (Wildman–Crippen MR) is 175 cm³/mol. The molecule has 1 saturated carbocycles. The average Bonchev–Trinajstić information content (AvgIpc) is 3.40. The minimum atomic E-state index is -0.189. The van der Waals surface area contributed by atoms with Crippen molar-refractivity contribution in [3.05, 3.63) is 76.4 Å². The Balaban J connectivity index is 1.66. The summed E-state index contributed by atoms with van der Waals surface area (Å²) in [5.41, 5.74) is 5.31. The van der Waals surface area contributed by atoms with Crippen molar-refractivity contribution >= 4 is 12.4 Å². The maximum Gasteiger partial charge on any atom is 0.129 e. The summed E-state index contributed by atoms with van der Waals surface area (Å²) in [6.07, 6.45) is 13.2. The second-order valence-electron chi connectivity index (χ2n) is 15.0. The molecule has 6 heteroatoms. The van der Waals surface area contributed by atoms with Gasteiger partial charge in [0.05, 0.1) is 25.0 Å². The normalized spacial score (nSPS) is 18.8. The van der Waals surface area contributed by atoms with Crippen molar-refractivity contribution < 1.29 is 10.2 Å². The van der Waals surface area contributed by atoms with Gasteiger partial charge in [-0.05, 0) is 58.4 Å². The van der Waals surface area contributed by atoms with Crippen molar-refractivity contribution in [1.82, 2.24) is 9.55 Å². The van der Waals surface area contributed by atoms with E-state index in [1.807, 2.05) is 23.2 Å². The van der Waals surface area contributed by atoms with E-state index in [-0.39, 0.29) is 34.1 Å². The standard InChI is InChI=1S/C36H50N4O2/c1-34(2,3)27-16-24(32(41)26(18-27)22-40-15-14-37-23-40)20-38-30-12-10-11-13-31(30)39-21-25-17-28(35(4,5)6)19-29(33(25)42)36(7,8)9/h14-21,23,30-31,41-42H,10-13,22H2,1-9H3. The summed E-state index contributed by atoms with van der Waals surface area (Å²) in [6, 6.07) is 8.39. The molecule has 42 heavy (non-hydrogen) atoms. The van der Waals surface area contributed by atoms with Gasteiger partial charge in [0, 0.05) is 47.1 Å². The highest BCUT2D eigenvalue weighted by Gasteiger charge is 2.27. The first-order chi connectivity index (χ1) is 19.5. The first-order valence-corrected chi connectivity index (χ1v) is 15.3. The monoisotopic (exact) mass is 570 g/mol. The molecule has 1 aliphatic rings. The minimum absolute atomic E-state index is 0.0137. The predicted octanol–water partition coefficient (Wildman–Crippen LogP) is 8.08. The fourth-order valence-electron chi connectivity index (χ4n) is 5.50. The molecule has 1 aromatic heterocycles. The Kier molecular flexibility index (Phi) is 9.05. The largest absolute Gasteiger partial charge is 0.507 e. The van der Waals surface area contributed by atoms with Crippen molar-refractivity contribution in [2.45, 2.75) is 123 Å². The Morgan fingerprint density at radius 1 is 0.762 bits per heavy atom. The van der Waals surface area contributed by atoms with E-state index in [2.05, 4.69) is 91.6 Å². The zero-order valence-corrected chi connectivity index (χ0v) is 27.1. The SMILES string of the molecule is CC(C)(C)c1cc(C=NC2CCCCC2N=Cc2cc(C(C)(C)C)cc(C(C)(C)C)c2O)c(O)c(Cn2ccnc2)c1. The van der Waals surface area contributed by atoms with Crippen LogP contribution in [0.1, 0.15) is 121 Å². The van der Waals surface area contributed by atoms with Crippen LogP contribution in [0, 0.1) is 0 Å². The molecule has 1 fully saturated rings. The number of aromatic hydroxyl groups is 2. The van der Waals surface area contributed by atoms with Crippen LogP contribution in [0.15, 0.2) is 53.0 Å². The van der Waals surface area contributed by atoms with E-state index >= 15 is 0 Å². The van der Waals surface area contributed by atoms with Gasteiger partial charge in [-0.2, -0.15) is 0 Å². The second-order valence-corrected chi connectivity index (χ2v) is 15.0. The van der Waals surface area contributed by atoms with E-state index in [0.29, 0.717) is 12.3 Å². The maximum absolute atomic E-state index is 11.3. The highest BCUT2D eigenvalue weighted by molar-refractivity contribution is 5.86. The first kappa shape index (κ1) is 31.5. The fourth-order valence-corrected chi connectivity index (χ4v) is 5.50. The van der Waals surface area contributed by atoms with Gasteiger partial charge >= 0.3 is 0 Å². The van der Waals surface area contributed by atoms with Crippen LogP contribution >= 0.6 is 0 Å². The van der Waals surface area contributed by atoms with E-state index in [0.717, 1.165) is 53.5 Å². The topological polar surface area (TPSA) is 83.0 Å². The molecule has 0 spiro atoms. The Labute approximate surface area is 252 Å². The Morgan fingerprint density at radius 3 is 1.76 bits per heavy atom. The zero-order chi connectivity index (χ0) is 30.9. The van der Waals surface area contributed by atoms with Crippen LogP contribution in [0.2, 0.25) is 0 Å². The molecule has 0 radical (unpaired) electrons. The van der Waals surface area contributed by atoms with Crippen molar-refractivity contribution in [2.24, 2.45) is 9.98 Å². The molecule has 1 heterocycles. The molecule has 2 atom stereocenters. The Morgan fingerprint density at radius 2 is 1.29 bits per heavy atom. The minimum Gasteiger partial charge on any atom is -0.507 e. The molecular weight excluding hydrogens is 520 g/mol. The molecule has 2 aromatic carbocycles. The summed E-state index contributed by atoms with van der Waals surface area (Å²) >= 11 is 0. The third kappa shape index (κ3) is 7.50. The van der Waals surface area contributed by atoms with Gasteiger partial charge in [0.15, 0.2) is 0 Å². The lowest BCUT2D eigenvalue weighted by molar-refractivity contribution is 0.390. The molecule has 2 N–H and O–H groups in total. The lowest BCUT2D eigenvalue weighted by atomic mass is 9.79. The Hall–Kier alpha value is -3.41. The van der Waals surface area contributed by atoms with Crippen LogP contribution in [0.3, 0.4) is 0 Å². The molecule has 226 valence electrons. The number of nitrogens with zero attached hydrogens (tertiary/aromatic N) is 4. The highest BCUT2D eigenvalue weighted by atomic mass is 16.3. The molecule has 0 saturated heterocycles. The Bertz CT molecular complexity index is 1430. The summed E-state index contributed by atoms with van der Waals surface area (Å²) in [5.74, 6) is 0.569. The summed E-state index contributed by atoms with van der Waals surface area (Å²) < 4.78 is 1.96. The smallest absolute Gasteiger partial charge is 0.129 e. The van der Waals surface area contributed by atoms with Gasteiger partial charge in [-0.15, -0.1) is 0 Å². The second kappa shape index (κ2) is 12.1. The maximum atomic E-state index is 11.3. The van der Waals surface area contributed by atoms with Crippen LogP contribution in [0.4, 0.5) is 0 Å². The molecule has 0 amide bonds. The van der Waals surface area contributed by atoms with Crippen LogP contribution in [0.5, 0.6) is 11.5 Å². The van der Waals surface area contributed by atoms with Crippen LogP contribution in [-0.4, -0.2) is 44.3 Å². The van der Waals surface area contributed by atoms with Crippen molar-refractivity contribution in [3.8, 4) is 11.5 Å². The lowest BCUT2D eigenvalue weighted by Gasteiger charge is -2.28. The van der Waals surface area contributed by atoms with Crippen LogP contribution in [0.25, 0.3) is 0 Å². The van der Waals surface area contributed by atoms with Crippen molar-refractivity contribution in [3.63, 3.8) is 0 Å². The fraction of sp³-hybridized carbons (Fsp3) is 0.528. The molecule has 6 nitrogen and oxygen atoms in total. The average molecular weight is 571 g/mol. The third-order valence-electron chi connectivity index (χ3n) is 8.31. The number of imidazole rings is 1. The molecule has 2 unspecified atom stereocenters. The molecular formula is C36H50N4O2. The summed E-state index contributed by atoms with van der Waals surface area (Å²) in [7, 11) is 0. The van der Waals surface area contributed by atoms with Gasteiger partial charge in [0.1, 0.15) is 11.5 Å². The molecule has 1 aliphatic carbocycles. The van der Waals surface area contributed by atoms with Gasteiger partial charge in [0.25, 0.3) is 0 Å². The molecule has 3 aromatic rings. The summed E-state index contributed by atoms with van der Waals surface area (Å²) in [4.78, 5) is 14.2. The third-order valence-corrected chi connectivity index (χ3v) is 8.31. The van der Waals surface area contributed by atoms with E-state index in [4.69, 9.17) is 9.98 Å². The lowest BCUT2D eigenvalue weighted by Crippen LogP contribution is -2.27. The van der Waals surface area contributed by atoms with Gasteiger partial charge in [-0.25, -0.2) is 4.98 Å². The number of rotatable bonds is 6. The number of hydrogen-bond acceptors (Lipinski definition) is 5. The zero-order valence-electron chi connectivity index (χ0n) is 27.1. The highest BCUT2D eigenvalue weighted by Crippen LogP contribution is 2.37. The number of phenols is 2. The number of benzene rings is 2. The van der Waals surface area contributed by atoms with E-state index in [1.54, 1.807) is 12.5 Å². The number of hydrogen-bond donors (Lipinski definition) is 2.